The van der Waals surface area contributed by atoms with Gasteiger partial charge in [0.05, 0.1) is 17.4 Å². The third kappa shape index (κ3) is 11.2. The number of rotatable bonds is 9. The third-order valence-corrected chi connectivity index (χ3v) is 37.5. The second kappa shape index (κ2) is 27.4. The van der Waals surface area contributed by atoms with E-state index in [0.717, 1.165) is 167 Å². The van der Waals surface area contributed by atoms with Crippen molar-refractivity contribution in [2.24, 2.45) is 107 Å². The van der Waals surface area contributed by atoms with Crippen LogP contribution in [-0.4, -0.2) is 109 Å². The van der Waals surface area contributed by atoms with Crippen molar-refractivity contribution in [1.29, 1.82) is 5.26 Å². The molecule has 14 saturated carbocycles. The summed E-state index contributed by atoms with van der Waals surface area (Å²) in [5.41, 5.74) is 0. The lowest BCUT2D eigenvalue weighted by molar-refractivity contribution is -0.128. The first-order chi connectivity index (χ1) is 46.1. The maximum absolute atomic E-state index is 13.0. The standard InChI is InChI=1S/C86H138N6S/c87-53-70-81(54-37-45-58(46-38-54)89-72-28-10-1-19-62(72)63-20-2-11-29-73(63)89)82(55-39-47-59(48-40-55)90-74-30-12-3-21-64(74)65-22-4-13-31-75(65)90)83(56-41-49-60(50-42-56)91-76-32-14-5-23-66(76)67-24-6-15-33-77(67)91)84(85(70)86-88-71-27-9-18-36-80(71)93-86)57-43-51-61(52-44-57)92-78-34-16-7-25-68(78)69-26-8-17-35-79(69)92/h54-86,88H,1-52H2. The lowest BCUT2D eigenvalue weighted by Gasteiger charge is -2.62. The van der Waals surface area contributed by atoms with Crippen LogP contribution < -0.4 is 5.32 Å². The first-order valence-corrected chi connectivity index (χ1v) is 45.0. The molecule has 0 amide bonds. The van der Waals surface area contributed by atoms with Crippen molar-refractivity contribution < 1.29 is 0 Å². The van der Waals surface area contributed by atoms with Crippen LogP contribution in [0.2, 0.25) is 0 Å². The van der Waals surface area contributed by atoms with Gasteiger partial charge in [0.25, 0.3) is 0 Å². The minimum absolute atomic E-state index is 0.220. The Labute approximate surface area is 574 Å². The van der Waals surface area contributed by atoms with Crippen LogP contribution in [0.1, 0.15) is 334 Å². The minimum Gasteiger partial charge on any atom is -0.301 e. The first kappa shape index (κ1) is 63.6. The number of thioether (sulfide) groups is 1. The average Bonchev–Trinajstić information content (AvgIpc) is 1.64. The first-order valence-electron chi connectivity index (χ1n) is 44.0. The van der Waals surface area contributed by atoms with Crippen LogP contribution in [0.3, 0.4) is 0 Å². The summed E-state index contributed by atoms with van der Waals surface area (Å²) in [4.78, 5) is 13.5. The van der Waals surface area contributed by atoms with E-state index in [1.807, 2.05) is 0 Å². The predicted octanol–water partition coefficient (Wildman–Crippen LogP) is 20.2. The zero-order valence-corrected chi connectivity index (χ0v) is 60.3. The van der Waals surface area contributed by atoms with Gasteiger partial charge < -0.3 is 5.32 Å². The molecule has 14 aliphatic carbocycles. The molecule has 1 N–H and O–H groups in total. The van der Waals surface area contributed by atoms with Gasteiger partial charge >= 0.3 is 0 Å². The molecule has 6 nitrogen and oxygen atoms in total. The molecule has 0 spiro atoms. The van der Waals surface area contributed by atoms with Crippen molar-refractivity contribution in [2.75, 3.05) is 0 Å². The van der Waals surface area contributed by atoms with E-state index in [0.29, 0.717) is 23.3 Å². The second-order valence-corrected chi connectivity index (χ2v) is 40.3. The Bertz CT molecular complexity index is 2430. The Hall–Kier alpha value is -0.360. The average molecular weight is 1290 g/mol. The van der Waals surface area contributed by atoms with Gasteiger partial charge in [-0.2, -0.15) is 5.26 Å². The molecule has 19 aliphatic rings. The van der Waals surface area contributed by atoms with Gasteiger partial charge in [-0.15, -0.1) is 11.8 Å². The maximum Gasteiger partial charge on any atom is 0.0662 e. The molecule has 0 bridgehead atoms. The van der Waals surface area contributed by atoms with Crippen LogP contribution in [0.5, 0.6) is 0 Å². The van der Waals surface area contributed by atoms with E-state index in [4.69, 9.17) is 5.32 Å². The van der Waals surface area contributed by atoms with E-state index in [1.165, 1.54) is 295 Å². The molecule has 19 fully saturated rings. The Morgan fingerprint density at radius 3 is 0.763 bits per heavy atom. The van der Waals surface area contributed by atoms with Crippen LogP contribution >= 0.6 is 11.8 Å². The van der Waals surface area contributed by atoms with Gasteiger partial charge in [-0.05, 0) is 313 Å². The second-order valence-electron chi connectivity index (χ2n) is 38.9. The molecular weight excluding hydrogens is 1150 g/mol. The summed E-state index contributed by atoms with van der Waals surface area (Å²) in [5, 5.41) is 19.0. The molecule has 5 heterocycles. The van der Waals surface area contributed by atoms with E-state index in [-0.39, 0.29) is 5.92 Å². The smallest absolute Gasteiger partial charge is 0.0662 e. The lowest BCUT2D eigenvalue weighted by atomic mass is 9.44. The van der Waals surface area contributed by atoms with Crippen molar-refractivity contribution >= 4 is 11.8 Å². The summed E-state index contributed by atoms with van der Waals surface area (Å²) in [7, 11) is 0. The molecule has 19 rings (SSSR count). The Balaban J connectivity index is 0.693. The molecule has 0 aromatic carbocycles. The molecular formula is C86H138N6S. The molecule has 5 saturated heterocycles. The van der Waals surface area contributed by atoms with Crippen LogP contribution in [0.15, 0.2) is 0 Å². The van der Waals surface area contributed by atoms with Gasteiger partial charge in [-0.3, -0.25) is 19.6 Å². The summed E-state index contributed by atoms with van der Waals surface area (Å²) in [5.74, 6) is 14.9. The zero-order valence-electron chi connectivity index (χ0n) is 59.5. The number of nitrogens with one attached hydrogen (secondary N) is 1. The molecule has 518 valence electrons. The fraction of sp³-hybridized carbons (Fsp3) is 0.988. The predicted molar refractivity (Wildman–Crippen MR) is 383 cm³/mol. The summed E-state index contributed by atoms with van der Waals surface area (Å²) in [6.07, 6.45) is 78.0. The topological polar surface area (TPSA) is 48.8 Å². The van der Waals surface area contributed by atoms with Gasteiger partial charge in [-0.1, -0.05) is 116 Å². The minimum atomic E-state index is 0.220. The Kier molecular flexibility index (Phi) is 18.8. The highest BCUT2D eigenvalue weighted by Crippen LogP contribution is 2.67. The van der Waals surface area contributed by atoms with Crippen molar-refractivity contribution in [2.45, 2.75) is 423 Å². The van der Waals surface area contributed by atoms with Crippen LogP contribution in [0.25, 0.3) is 0 Å². The van der Waals surface area contributed by atoms with Gasteiger partial charge in [0.2, 0.25) is 0 Å². The van der Waals surface area contributed by atoms with Crippen molar-refractivity contribution in [1.82, 2.24) is 24.9 Å². The Morgan fingerprint density at radius 2 is 0.484 bits per heavy atom. The van der Waals surface area contributed by atoms with E-state index in [9.17, 15) is 5.26 Å². The number of hydrogen-bond donors (Lipinski definition) is 1. The van der Waals surface area contributed by atoms with Crippen LogP contribution in [0.4, 0.5) is 0 Å². The van der Waals surface area contributed by atoms with Crippen LogP contribution in [0, 0.1) is 118 Å². The van der Waals surface area contributed by atoms with E-state index < -0.39 is 0 Å². The fourth-order valence-electron chi connectivity index (χ4n) is 33.0. The third-order valence-electron chi connectivity index (χ3n) is 35.9. The van der Waals surface area contributed by atoms with Gasteiger partial charge in [0, 0.05) is 89.7 Å². The van der Waals surface area contributed by atoms with Crippen molar-refractivity contribution in [3.8, 4) is 6.07 Å². The van der Waals surface area contributed by atoms with Gasteiger partial charge in [-0.25, -0.2) is 0 Å². The molecule has 93 heavy (non-hydrogen) atoms. The molecule has 25 unspecified atom stereocenters. The molecule has 25 atom stereocenters. The highest BCUT2D eigenvalue weighted by Gasteiger charge is 2.64. The van der Waals surface area contributed by atoms with Crippen LogP contribution in [-0.2, 0) is 0 Å². The Morgan fingerprint density at radius 1 is 0.247 bits per heavy atom. The van der Waals surface area contributed by atoms with Crippen molar-refractivity contribution in [3.63, 3.8) is 0 Å². The number of nitrogens with zero attached hydrogens (tertiary/aromatic N) is 5. The molecule has 0 radical (unpaired) electrons. The quantitative estimate of drug-likeness (QED) is 0.247. The monoisotopic (exact) mass is 1290 g/mol. The summed E-state index contributed by atoms with van der Waals surface area (Å²) < 4.78 is 0. The summed E-state index contributed by atoms with van der Waals surface area (Å²) >= 11 is 2.49. The number of hydrogen-bond acceptors (Lipinski definition) is 7. The maximum atomic E-state index is 13.0. The fourth-order valence-corrected chi connectivity index (χ4v) is 34.9. The molecule has 7 heteroatoms. The van der Waals surface area contributed by atoms with Crippen molar-refractivity contribution in [3.05, 3.63) is 0 Å². The van der Waals surface area contributed by atoms with Gasteiger partial charge in [0.15, 0.2) is 0 Å². The summed E-state index contributed by atoms with van der Waals surface area (Å²) in [6.45, 7) is 0. The highest BCUT2D eigenvalue weighted by atomic mass is 32.2. The molecule has 5 aliphatic heterocycles. The largest absolute Gasteiger partial charge is 0.301 e. The number of nitriles is 1. The lowest BCUT2D eigenvalue weighted by Crippen LogP contribution is -2.60. The SMILES string of the molecule is N#CC1C(C2CCC(N3C4CCCCC4C4CCCCC43)CC2)C(C2CCC(N3C4CCCCC4C4CCCCC43)CC2)C(C2CCC(N3C4CCCCC4C4CCCCC43)CC2)C(C2CCC(N3C4CCCCC4C4CCCCC43)CC2)C1C1NC2CCCCC2S1. The highest BCUT2D eigenvalue weighted by molar-refractivity contribution is 8.00. The summed E-state index contributed by atoms with van der Waals surface area (Å²) in [6, 6.07) is 14.9. The number of likely N-dealkylation sites (tertiary alicyclic amines) is 4. The van der Waals surface area contributed by atoms with Gasteiger partial charge in [0.1, 0.15) is 0 Å². The van der Waals surface area contributed by atoms with E-state index in [1.54, 1.807) is 38.5 Å². The molecule has 0 aromatic heterocycles. The van der Waals surface area contributed by atoms with E-state index >= 15 is 0 Å². The van der Waals surface area contributed by atoms with E-state index in [2.05, 4.69) is 37.4 Å². The zero-order chi connectivity index (χ0) is 61.3. The molecule has 0 aromatic rings. The number of fused-ring (bicyclic) bond motifs is 13. The normalized spacial score (nSPS) is 54.6.